The highest BCUT2D eigenvalue weighted by Gasteiger charge is 2.44. The standard InChI is InChI=1S/C15H23N3O2/c1-2-20-13-11-12(16-17-13)14(19)18-10-6-9-15(18)7-4-3-5-8-15/h11H,2-10H2,1H3,(H,16,17). The zero-order valence-electron chi connectivity index (χ0n) is 12.2. The van der Waals surface area contributed by atoms with Crippen LogP contribution in [0, 0.1) is 0 Å². The van der Waals surface area contributed by atoms with E-state index in [1.807, 2.05) is 6.92 Å². The Balaban J connectivity index is 1.78. The molecule has 110 valence electrons. The average molecular weight is 277 g/mol. The number of hydrogen-bond acceptors (Lipinski definition) is 3. The zero-order valence-corrected chi connectivity index (χ0v) is 12.2. The van der Waals surface area contributed by atoms with Crippen LogP contribution in [-0.4, -0.2) is 39.7 Å². The Morgan fingerprint density at radius 2 is 2.10 bits per heavy atom. The van der Waals surface area contributed by atoms with Gasteiger partial charge in [-0.3, -0.25) is 9.89 Å². The van der Waals surface area contributed by atoms with Crippen molar-refractivity contribution in [2.45, 2.75) is 57.4 Å². The lowest BCUT2D eigenvalue weighted by molar-refractivity contribution is 0.0494. The molecule has 1 aromatic heterocycles. The van der Waals surface area contributed by atoms with Gasteiger partial charge in [0.05, 0.1) is 6.61 Å². The first-order valence-corrected chi connectivity index (χ1v) is 7.75. The number of nitrogens with one attached hydrogen (secondary N) is 1. The lowest BCUT2D eigenvalue weighted by Gasteiger charge is -2.41. The molecular formula is C15H23N3O2. The van der Waals surface area contributed by atoms with Crippen LogP contribution in [0.5, 0.6) is 5.88 Å². The first kappa shape index (κ1) is 13.5. The molecular weight excluding hydrogens is 254 g/mol. The monoisotopic (exact) mass is 277 g/mol. The van der Waals surface area contributed by atoms with Crippen LogP contribution in [0.15, 0.2) is 6.07 Å². The number of amides is 1. The number of likely N-dealkylation sites (tertiary alicyclic amines) is 1. The van der Waals surface area contributed by atoms with Gasteiger partial charge in [0, 0.05) is 18.2 Å². The lowest BCUT2D eigenvalue weighted by atomic mass is 9.79. The predicted octanol–water partition coefficient (Wildman–Crippen LogP) is 2.75. The van der Waals surface area contributed by atoms with E-state index in [0.717, 1.165) is 32.2 Å². The summed E-state index contributed by atoms with van der Waals surface area (Å²) in [5, 5.41) is 6.86. The first-order valence-electron chi connectivity index (χ1n) is 7.75. The molecule has 1 aliphatic heterocycles. The quantitative estimate of drug-likeness (QED) is 0.924. The summed E-state index contributed by atoms with van der Waals surface area (Å²) in [7, 11) is 0. The van der Waals surface area contributed by atoms with Crippen molar-refractivity contribution < 1.29 is 9.53 Å². The fraction of sp³-hybridized carbons (Fsp3) is 0.733. The van der Waals surface area contributed by atoms with Crippen LogP contribution in [0.1, 0.15) is 62.4 Å². The summed E-state index contributed by atoms with van der Waals surface area (Å²) >= 11 is 0. The van der Waals surface area contributed by atoms with Gasteiger partial charge < -0.3 is 9.64 Å². The van der Waals surface area contributed by atoms with Crippen molar-refractivity contribution >= 4 is 5.91 Å². The second-order valence-electron chi connectivity index (χ2n) is 5.90. The summed E-state index contributed by atoms with van der Waals surface area (Å²) in [4.78, 5) is 14.8. The van der Waals surface area contributed by atoms with Crippen molar-refractivity contribution in [1.82, 2.24) is 15.1 Å². The summed E-state index contributed by atoms with van der Waals surface area (Å²) in [6.07, 6.45) is 8.40. The number of rotatable bonds is 3. The van der Waals surface area contributed by atoms with Gasteiger partial charge in [0.15, 0.2) is 0 Å². The number of nitrogens with zero attached hydrogens (tertiary/aromatic N) is 2. The van der Waals surface area contributed by atoms with E-state index in [0.29, 0.717) is 18.2 Å². The van der Waals surface area contributed by atoms with Gasteiger partial charge >= 0.3 is 0 Å². The third-order valence-corrected chi connectivity index (χ3v) is 4.70. The van der Waals surface area contributed by atoms with Crippen molar-refractivity contribution in [3.8, 4) is 5.88 Å². The van der Waals surface area contributed by atoms with E-state index in [9.17, 15) is 4.79 Å². The first-order chi connectivity index (χ1) is 9.75. The number of ether oxygens (including phenoxy) is 1. The van der Waals surface area contributed by atoms with Crippen LogP contribution in [0.3, 0.4) is 0 Å². The summed E-state index contributed by atoms with van der Waals surface area (Å²) in [5.41, 5.74) is 0.673. The molecule has 1 saturated heterocycles. The number of hydrogen-bond donors (Lipinski definition) is 1. The summed E-state index contributed by atoms with van der Waals surface area (Å²) in [5.74, 6) is 0.593. The van der Waals surface area contributed by atoms with Crippen LogP contribution < -0.4 is 4.74 Å². The molecule has 5 nitrogen and oxygen atoms in total. The molecule has 2 aliphatic rings. The van der Waals surface area contributed by atoms with Crippen LogP contribution in [-0.2, 0) is 0 Å². The molecule has 2 fully saturated rings. The van der Waals surface area contributed by atoms with E-state index in [4.69, 9.17) is 4.74 Å². The SMILES string of the molecule is CCOc1cc(C(=O)N2CCCC23CCCCC3)[nH]n1. The molecule has 2 heterocycles. The van der Waals surface area contributed by atoms with Crippen LogP contribution in [0.2, 0.25) is 0 Å². The molecule has 0 bridgehead atoms. The van der Waals surface area contributed by atoms with Crippen molar-refractivity contribution in [2.24, 2.45) is 0 Å². The molecule has 1 amide bonds. The Kier molecular flexibility index (Phi) is 3.68. The van der Waals surface area contributed by atoms with Gasteiger partial charge in [0.1, 0.15) is 5.69 Å². The summed E-state index contributed by atoms with van der Waals surface area (Å²) < 4.78 is 5.32. The molecule has 1 saturated carbocycles. The van der Waals surface area contributed by atoms with Crippen LogP contribution >= 0.6 is 0 Å². The average Bonchev–Trinajstić information content (AvgIpc) is 3.07. The third-order valence-electron chi connectivity index (χ3n) is 4.70. The molecule has 0 atom stereocenters. The van der Waals surface area contributed by atoms with Gasteiger partial charge in [0.2, 0.25) is 5.88 Å². The number of carbonyl (C=O) groups is 1. The van der Waals surface area contributed by atoms with Crippen molar-refractivity contribution in [1.29, 1.82) is 0 Å². The Bertz CT molecular complexity index is 477. The number of aromatic amines is 1. The number of H-pyrrole nitrogens is 1. The van der Waals surface area contributed by atoms with Gasteiger partial charge in [-0.1, -0.05) is 19.3 Å². The highest BCUT2D eigenvalue weighted by molar-refractivity contribution is 5.93. The molecule has 1 aliphatic carbocycles. The smallest absolute Gasteiger partial charge is 0.272 e. The normalized spacial score (nSPS) is 21.4. The fourth-order valence-electron chi connectivity index (χ4n) is 3.77. The van der Waals surface area contributed by atoms with Gasteiger partial charge in [-0.25, -0.2) is 0 Å². The highest BCUT2D eigenvalue weighted by Crippen LogP contribution is 2.42. The van der Waals surface area contributed by atoms with E-state index in [1.54, 1.807) is 6.07 Å². The second-order valence-corrected chi connectivity index (χ2v) is 5.90. The van der Waals surface area contributed by atoms with Crippen molar-refractivity contribution in [3.63, 3.8) is 0 Å². The zero-order chi connectivity index (χ0) is 14.0. The van der Waals surface area contributed by atoms with Crippen LogP contribution in [0.25, 0.3) is 0 Å². The minimum atomic E-state index is 0.0860. The second kappa shape index (κ2) is 5.46. The fourth-order valence-corrected chi connectivity index (χ4v) is 3.77. The Morgan fingerprint density at radius 3 is 2.85 bits per heavy atom. The molecule has 20 heavy (non-hydrogen) atoms. The van der Waals surface area contributed by atoms with Gasteiger partial charge in [-0.2, -0.15) is 0 Å². The van der Waals surface area contributed by atoms with E-state index < -0.39 is 0 Å². The largest absolute Gasteiger partial charge is 0.477 e. The Morgan fingerprint density at radius 1 is 1.35 bits per heavy atom. The van der Waals surface area contributed by atoms with Crippen LogP contribution in [0.4, 0.5) is 0 Å². The molecule has 0 aromatic carbocycles. The summed E-state index contributed by atoms with van der Waals surface area (Å²) in [6.45, 7) is 3.35. The molecule has 1 aromatic rings. The van der Waals surface area contributed by atoms with Crippen molar-refractivity contribution in [3.05, 3.63) is 11.8 Å². The molecule has 3 rings (SSSR count). The Hall–Kier alpha value is -1.52. The maximum atomic E-state index is 12.7. The van der Waals surface area contributed by atoms with E-state index in [2.05, 4.69) is 15.1 Å². The number of carbonyl (C=O) groups excluding carboxylic acids is 1. The van der Waals surface area contributed by atoms with E-state index in [-0.39, 0.29) is 11.4 Å². The topological polar surface area (TPSA) is 58.2 Å². The van der Waals surface area contributed by atoms with Gasteiger partial charge in [-0.05, 0) is 32.6 Å². The molecule has 1 N–H and O–H groups in total. The summed E-state index contributed by atoms with van der Waals surface area (Å²) in [6, 6.07) is 1.72. The van der Waals surface area contributed by atoms with E-state index in [1.165, 1.54) is 19.3 Å². The number of aromatic nitrogens is 2. The maximum absolute atomic E-state index is 12.7. The third kappa shape index (κ3) is 2.30. The van der Waals surface area contributed by atoms with E-state index >= 15 is 0 Å². The Labute approximate surface area is 119 Å². The lowest BCUT2D eigenvalue weighted by Crippen LogP contribution is -2.48. The molecule has 0 unspecified atom stereocenters. The van der Waals surface area contributed by atoms with Gasteiger partial charge in [-0.15, -0.1) is 5.10 Å². The minimum Gasteiger partial charge on any atom is -0.477 e. The van der Waals surface area contributed by atoms with Gasteiger partial charge in [0.25, 0.3) is 5.91 Å². The predicted molar refractivity (Wildman–Crippen MR) is 75.8 cm³/mol. The molecule has 0 radical (unpaired) electrons. The van der Waals surface area contributed by atoms with Crippen molar-refractivity contribution in [2.75, 3.05) is 13.2 Å². The maximum Gasteiger partial charge on any atom is 0.272 e. The molecule has 5 heteroatoms. The molecule has 1 spiro atoms. The minimum absolute atomic E-state index is 0.0860. The highest BCUT2D eigenvalue weighted by atomic mass is 16.5.